The molecule has 0 saturated heterocycles. The minimum absolute atomic E-state index is 0.0655. The van der Waals surface area contributed by atoms with E-state index in [0.29, 0.717) is 0 Å². The first-order valence-corrected chi connectivity index (χ1v) is 10.2. The van der Waals surface area contributed by atoms with E-state index in [1.807, 2.05) is 61.7 Å². The summed E-state index contributed by atoms with van der Waals surface area (Å²) >= 11 is 0. The van der Waals surface area contributed by atoms with Crippen LogP contribution in [0.15, 0.2) is 89.9 Å². The molecule has 3 aromatic rings. The third kappa shape index (κ3) is 3.71. The van der Waals surface area contributed by atoms with Crippen molar-refractivity contribution >= 4 is 12.0 Å². The van der Waals surface area contributed by atoms with E-state index in [1.54, 1.807) is 0 Å². The lowest BCUT2D eigenvalue weighted by Crippen LogP contribution is -2.18. The van der Waals surface area contributed by atoms with Crippen LogP contribution >= 0.6 is 0 Å². The number of ketones is 1. The molecule has 29 heavy (non-hydrogen) atoms. The van der Waals surface area contributed by atoms with Gasteiger partial charge in [-0.1, -0.05) is 86.2 Å². The van der Waals surface area contributed by atoms with Crippen LogP contribution in [0.25, 0.3) is 11.1 Å². The normalized spacial score (nSPS) is 17.6. The lowest BCUT2D eigenvalue weighted by molar-refractivity contribution is 0.103. The van der Waals surface area contributed by atoms with Gasteiger partial charge in [0.15, 0.2) is 5.78 Å². The average molecular weight is 380 g/mol. The Morgan fingerprint density at radius 2 is 1.72 bits per heavy atom. The molecule has 2 heteroatoms. The predicted molar refractivity (Wildman–Crippen MR) is 121 cm³/mol. The maximum absolute atomic E-state index is 12.8. The highest BCUT2D eigenvalue weighted by Crippen LogP contribution is 2.37. The van der Waals surface area contributed by atoms with Crippen LogP contribution in [0.1, 0.15) is 46.8 Å². The van der Waals surface area contributed by atoms with Gasteiger partial charge in [-0.3, -0.25) is 9.79 Å². The number of allylic oxidation sites excluding steroid dienone is 1. The monoisotopic (exact) mass is 379 g/mol. The average Bonchev–Trinajstić information content (AvgIpc) is 3.24. The molecule has 1 aliphatic heterocycles. The van der Waals surface area contributed by atoms with Gasteiger partial charge in [-0.2, -0.15) is 0 Å². The number of nitrogens with zero attached hydrogens (tertiary/aromatic N) is 1. The van der Waals surface area contributed by atoms with Gasteiger partial charge < -0.3 is 0 Å². The second kappa shape index (κ2) is 8.00. The molecule has 0 N–H and O–H groups in total. The molecule has 3 aromatic carbocycles. The third-order valence-electron chi connectivity index (χ3n) is 5.60. The van der Waals surface area contributed by atoms with Crippen molar-refractivity contribution in [2.45, 2.75) is 32.2 Å². The Labute approximate surface area is 172 Å². The molecule has 1 unspecified atom stereocenters. The van der Waals surface area contributed by atoms with E-state index in [-0.39, 0.29) is 11.3 Å². The van der Waals surface area contributed by atoms with E-state index in [2.05, 4.69) is 43.3 Å². The fraction of sp³-hybridized carbons (Fsp3) is 0.185. The van der Waals surface area contributed by atoms with Gasteiger partial charge in [-0.15, -0.1) is 0 Å². The lowest BCUT2D eigenvalue weighted by atomic mass is 9.85. The molecule has 0 bridgehead atoms. The van der Waals surface area contributed by atoms with Gasteiger partial charge in [0, 0.05) is 17.3 Å². The van der Waals surface area contributed by atoms with Gasteiger partial charge in [0.1, 0.15) is 5.54 Å². The summed E-state index contributed by atoms with van der Waals surface area (Å²) in [7, 11) is 0. The first-order valence-electron chi connectivity index (χ1n) is 10.2. The zero-order valence-corrected chi connectivity index (χ0v) is 16.9. The molecule has 2 nitrogen and oxygen atoms in total. The Morgan fingerprint density at radius 1 is 0.931 bits per heavy atom. The van der Waals surface area contributed by atoms with E-state index in [0.717, 1.165) is 40.7 Å². The van der Waals surface area contributed by atoms with Crippen LogP contribution in [0.2, 0.25) is 0 Å². The van der Waals surface area contributed by atoms with E-state index >= 15 is 0 Å². The molecule has 0 spiro atoms. The number of aryl methyl sites for hydroxylation is 1. The summed E-state index contributed by atoms with van der Waals surface area (Å²) in [4.78, 5) is 17.6. The molecule has 0 aliphatic carbocycles. The largest absolute Gasteiger partial charge is 0.289 e. The van der Waals surface area contributed by atoms with Crippen molar-refractivity contribution in [3.05, 3.63) is 107 Å². The lowest BCUT2D eigenvalue weighted by Gasteiger charge is -2.25. The van der Waals surface area contributed by atoms with Crippen molar-refractivity contribution in [2.24, 2.45) is 4.99 Å². The van der Waals surface area contributed by atoms with Crippen LogP contribution in [-0.2, 0) is 5.54 Å². The molecular formula is C27H25NO. The summed E-state index contributed by atoms with van der Waals surface area (Å²) < 4.78 is 0. The molecule has 0 aromatic heterocycles. The topological polar surface area (TPSA) is 29.4 Å². The van der Waals surface area contributed by atoms with Crippen molar-refractivity contribution in [3.63, 3.8) is 0 Å². The van der Waals surface area contributed by atoms with Crippen LogP contribution in [0.5, 0.6) is 0 Å². The van der Waals surface area contributed by atoms with Gasteiger partial charge in [0.25, 0.3) is 0 Å². The Bertz CT molecular complexity index is 1080. The predicted octanol–water partition coefficient (Wildman–Crippen LogP) is 6.53. The minimum atomic E-state index is -0.247. The van der Waals surface area contributed by atoms with E-state index < -0.39 is 0 Å². The quantitative estimate of drug-likeness (QED) is 0.448. The summed E-state index contributed by atoms with van der Waals surface area (Å²) in [6, 6.07) is 24.2. The van der Waals surface area contributed by atoms with E-state index in [4.69, 9.17) is 4.99 Å². The van der Waals surface area contributed by atoms with Crippen LogP contribution in [-0.4, -0.2) is 12.0 Å². The number of hydrogen-bond acceptors (Lipinski definition) is 2. The number of aliphatic imine (C=N–C) groups is 1. The molecular weight excluding hydrogens is 354 g/mol. The maximum Gasteiger partial charge on any atom is 0.193 e. The van der Waals surface area contributed by atoms with Gasteiger partial charge in [0.2, 0.25) is 0 Å². The second-order valence-corrected chi connectivity index (χ2v) is 7.62. The molecule has 0 amide bonds. The second-order valence-electron chi connectivity index (χ2n) is 7.62. The number of rotatable bonds is 6. The summed E-state index contributed by atoms with van der Waals surface area (Å²) in [5, 5.41) is 0. The standard InChI is InChI=1S/C27H25NO/c1-3-15-27(16-8-17-28-27)24-12-7-11-22(19-24)23-13-14-25(20(2)18-23)26(29)21-9-5-4-6-10-21/h4-14,16-19H,3,15H2,1-2H3. The van der Waals surface area contributed by atoms with E-state index in [1.165, 1.54) is 5.56 Å². The molecule has 1 heterocycles. The number of hydrogen-bond donors (Lipinski definition) is 0. The van der Waals surface area contributed by atoms with Crippen molar-refractivity contribution < 1.29 is 4.79 Å². The maximum atomic E-state index is 12.8. The number of carbonyl (C=O) groups excluding carboxylic acids is 1. The third-order valence-corrected chi connectivity index (χ3v) is 5.60. The van der Waals surface area contributed by atoms with Gasteiger partial charge >= 0.3 is 0 Å². The van der Waals surface area contributed by atoms with E-state index in [9.17, 15) is 4.79 Å². The molecule has 4 rings (SSSR count). The van der Waals surface area contributed by atoms with Gasteiger partial charge in [0.05, 0.1) is 0 Å². The van der Waals surface area contributed by atoms with Crippen molar-refractivity contribution in [2.75, 3.05) is 0 Å². The smallest absolute Gasteiger partial charge is 0.193 e. The SMILES string of the molecule is CCCC1(c2cccc(-c3ccc(C(=O)c4ccccc4)c(C)c3)c2)C=CC=N1. The van der Waals surface area contributed by atoms with Crippen LogP contribution in [0.3, 0.4) is 0 Å². The Hall–Kier alpha value is -3.26. The molecule has 0 fully saturated rings. The molecule has 0 saturated carbocycles. The highest BCUT2D eigenvalue weighted by Gasteiger charge is 2.29. The Kier molecular flexibility index (Phi) is 5.26. The molecule has 1 aliphatic rings. The summed E-state index contributed by atoms with van der Waals surface area (Å²) in [6.45, 7) is 4.20. The zero-order valence-electron chi connectivity index (χ0n) is 16.9. The first-order chi connectivity index (χ1) is 14.1. The number of benzene rings is 3. The molecule has 144 valence electrons. The fourth-order valence-electron chi connectivity index (χ4n) is 4.08. The summed E-state index contributed by atoms with van der Waals surface area (Å²) in [6.07, 6.45) is 8.20. The van der Waals surface area contributed by atoms with Gasteiger partial charge in [-0.25, -0.2) is 0 Å². The highest BCUT2D eigenvalue weighted by molar-refractivity contribution is 6.10. The summed E-state index contributed by atoms with van der Waals surface area (Å²) in [5.74, 6) is 0.0655. The van der Waals surface area contributed by atoms with Crippen molar-refractivity contribution in [1.29, 1.82) is 0 Å². The van der Waals surface area contributed by atoms with Crippen molar-refractivity contribution in [3.8, 4) is 11.1 Å². The zero-order chi connectivity index (χ0) is 20.3. The molecule has 0 radical (unpaired) electrons. The minimum Gasteiger partial charge on any atom is -0.289 e. The van der Waals surface area contributed by atoms with Crippen molar-refractivity contribution in [1.82, 2.24) is 0 Å². The summed E-state index contributed by atoms with van der Waals surface area (Å²) in [5.41, 5.74) is 5.69. The fourth-order valence-corrected chi connectivity index (χ4v) is 4.08. The Balaban J connectivity index is 1.68. The van der Waals surface area contributed by atoms with Crippen LogP contribution < -0.4 is 0 Å². The Morgan fingerprint density at radius 3 is 2.41 bits per heavy atom. The highest BCUT2D eigenvalue weighted by atomic mass is 16.1. The van der Waals surface area contributed by atoms with Crippen LogP contribution in [0.4, 0.5) is 0 Å². The number of carbonyl (C=O) groups is 1. The van der Waals surface area contributed by atoms with Gasteiger partial charge in [-0.05, 0) is 47.7 Å². The van der Waals surface area contributed by atoms with Crippen LogP contribution in [0, 0.1) is 6.92 Å². The first kappa shape index (κ1) is 19.1. The molecule has 1 atom stereocenters.